The molecule has 0 spiro atoms. The van der Waals surface area contributed by atoms with Gasteiger partial charge in [0.15, 0.2) is 0 Å². The van der Waals surface area contributed by atoms with Crippen molar-refractivity contribution in [3.63, 3.8) is 0 Å². The summed E-state index contributed by atoms with van der Waals surface area (Å²) in [7, 11) is 0. The van der Waals surface area contributed by atoms with Gasteiger partial charge >= 0.3 is 0 Å². The van der Waals surface area contributed by atoms with Gasteiger partial charge in [0.2, 0.25) is 6.08 Å². The van der Waals surface area contributed by atoms with Gasteiger partial charge in [-0.05, 0) is 40.4 Å². The highest BCUT2D eigenvalue weighted by Gasteiger charge is 2.35. The van der Waals surface area contributed by atoms with Crippen molar-refractivity contribution in [3.05, 3.63) is 34.4 Å². The fourth-order valence-electron chi connectivity index (χ4n) is 2.89. The Hall–Kier alpha value is -1.38. The number of H-pyrrole nitrogens is 1. The zero-order valence-electron chi connectivity index (χ0n) is 9.87. The summed E-state index contributed by atoms with van der Waals surface area (Å²) in [5.41, 5.74) is 1.85. The maximum atomic E-state index is 10.7. The average molecular weight is 305 g/mol. The molecule has 92 valence electrons. The zero-order chi connectivity index (χ0) is 12.6. The molecule has 2 aromatic rings. The number of halogens is 1. The molecule has 18 heavy (non-hydrogen) atoms. The summed E-state index contributed by atoms with van der Waals surface area (Å²) in [5.74, 6) is 0. The summed E-state index contributed by atoms with van der Waals surface area (Å²) in [6.45, 7) is 0. The molecular formula is C14H13BrN2O. The lowest BCUT2D eigenvalue weighted by Crippen LogP contribution is -2.18. The molecule has 1 heterocycles. The summed E-state index contributed by atoms with van der Waals surface area (Å²) in [5, 5.41) is 1.15. The van der Waals surface area contributed by atoms with Gasteiger partial charge in [0, 0.05) is 21.6 Å². The van der Waals surface area contributed by atoms with Crippen molar-refractivity contribution in [3.8, 4) is 0 Å². The Morgan fingerprint density at radius 1 is 1.33 bits per heavy atom. The number of benzene rings is 1. The molecule has 1 aromatic heterocycles. The Balaban J connectivity index is 2.15. The number of aliphatic imine (C=N–C) groups is 1. The molecule has 1 fully saturated rings. The maximum absolute atomic E-state index is 10.7. The van der Waals surface area contributed by atoms with Crippen LogP contribution in [0.25, 0.3) is 10.9 Å². The Labute approximate surface area is 113 Å². The first-order valence-electron chi connectivity index (χ1n) is 6.11. The summed E-state index contributed by atoms with van der Waals surface area (Å²) >= 11 is 3.50. The number of isocyanates is 1. The molecule has 1 aromatic carbocycles. The minimum absolute atomic E-state index is 0.340. The Kier molecular flexibility index (Phi) is 2.84. The third-order valence-electron chi connectivity index (χ3n) is 3.86. The predicted molar refractivity (Wildman–Crippen MR) is 74.3 cm³/mol. The van der Waals surface area contributed by atoms with Crippen LogP contribution in [0.1, 0.15) is 31.2 Å². The molecule has 0 atom stereocenters. The van der Waals surface area contributed by atoms with Crippen LogP contribution in [0.2, 0.25) is 0 Å². The van der Waals surface area contributed by atoms with Gasteiger partial charge in [-0.25, -0.2) is 4.79 Å². The van der Waals surface area contributed by atoms with E-state index in [0.29, 0.717) is 0 Å². The fraction of sp³-hybridized carbons (Fsp3) is 0.357. The van der Waals surface area contributed by atoms with Crippen LogP contribution >= 0.6 is 15.9 Å². The summed E-state index contributed by atoms with van der Waals surface area (Å²) in [6, 6.07) is 6.25. The number of nitrogens with zero attached hydrogens (tertiary/aromatic N) is 1. The van der Waals surface area contributed by atoms with E-state index < -0.39 is 0 Å². The monoisotopic (exact) mass is 304 g/mol. The van der Waals surface area contributed by atoms with Gasteiger partial charge in [0.1, 0.15) is 0 Å². The summed E-state index contributed by atoms with van der Waals surface area (Å²) < 4.78 is 1.06. The topological polar surface area (TPSA) is 45.2 Å². The quantitative estimate of drug-likeness (QED) is 0.660. The minimum atomic E-state index is -0.340. The number of fused-ring (bicyclic) bond motifs is 1. The van der Waals surface area contributed by atoms with Gasteiger partial charge in [-0.2, -0.15) is 4.99 Å². The molecular weight excluding hydrogens is 292 g/mol. The number of aromatic nitrogens is 1. The third-order valence-corrected chi connectivity index (χ3v) is 4.52. The van der Waals surface area contributed by atoms with E-state index in [1.54, 1.807) is 6.08 Å². The Morgan fingerprint density at radius 3 is 2.83 bits per heavy atom. The van der Waals surface area contributed by atoms with Crippen molar-refractivity contribution in [1.82, 2.24) is 4.98 Å². The van der Waals surface area contributed by atoms with Gasteiger partial charge in [-0.15, -0.1) is 0 Å². The molecule has 0 aliphatic heterocycles. The molecule has 0 saturated heterocycles. The van der Waals surface area contributed by atoms with Crippen molar-refractivity contribution in [2.75, 3.05) is 0 Å². The average Bonchev–Trinajstić information content (AvgIpc) is 2.98. The number of rotatable bonds is 2. The van der Waals surface area contributed by atoms with E-state index in [1.165, 1.54) is 0 Å². The summed E-state index contributed by atoms with van der Waals surface area (Å²) in [6.07, 6.45) is 7.81. The van der Waals surface area contributed by atoms with Crippen LogP contribution in [-0.4, -0.2) is 11.1 Å². The van der Waals surface area contributed by atoms with Crippen LogP contribution < -0.4 is 0 Å². The van der Waals surface area contributed by atoms with E-state index in [9.17, 15) is 4.79 Å². The third kappa shape index (κ3) is 1.73. The lowest BCUT2D eigenvalue weighted by Gasteiger charge is -2.22. The highest BCUT2D eigenvalue weighted by atomic mass is 79.9. The van der Waals surface area contributed by atoms with Crippen LogP contribution in [0.5, 0.6) is 0 Å². The molecule has 1 N–H and O–H groups in total. The van der Waals surface area contributed by atoms with Crippen LogP contribution in [0.15, 0.2) is 33.9 Å². The van der Waals surface area contributed by atoms with Gasteiger partial charge < -0.3 is 4.98 Å². The molecule has 0 amide bonds. The number of aromatic amines is 1. The van der Waals surface area contributed by atoms with Gasteiger partial charge in [-0.3, -0.25) is 0 Å². The molecule has 0 unspecified atom stereocenters. The summed E-state index contributed by atoms with van der Waals surface area (Å²) in [4.78, 5) is 18.0. The van der Waals surface area contributed by atoms with Gasteiger partial charge in [0.05, 0.1) is 5.54 Å². The van der Waals surface area contributed by atoms with Crippen molar-refractivity contribution in [2.24, 2.45) is 4.99 Å². The second-order valence-corrected chi connectivity index (χ2v) is 5.69. The van der Waals surface area contributed by atoms with E-state index >= 15 is 0 Å². The first-order valence-corrected chi connectivity index (χ1v) is 6.91. The van der Waals surface area contributed by atoms with Crippen molar-refractivity contribution in [1.29, 1.82) is 0 Å². The van der Waals surface area contributed by atoms with Crippen molar-refractivity contribution >= 4 is 32.9 Å². The predicted octanol–water partition coefficient (Wildman–Crippen LogP) is 4.04. The highest BCUT2D eigenvalue weighted by molar-refractivity contribution is 9.10. The van der Waals surface area contributed by atoms with E-state index in [0.717, 1.165) is 46.6 Å². The smallest absolute Gasteiger partial charge is 0.235 e. The van der Waals surface area contributed by atoms with Gasteiger partial charge in [-0.1, -0.05) is 25.0 Å². The van der Waals surface area contributed by atoms with Crippen LogP contribution in [0.3, 0.4) is 0 Å². The lowest BCUT2D eigenvalue weighted by molar-refractivity contribution is 0.456. The van der Waals surface area contributed by atoms with Crippen LogP contribution in [0.4, 0.5) is 0 Å². The first kappa shape index (κ1) is 11.7. The van der Waals surface area contributed by atoms with Crippen molar-refractivity contribution in [2.45, 2.75) is 31.2 Å². The molecule has 0 radical (unpaired) electrons. The second-order valence-electron chi connectivity index (χ2n) is 4.84. The SMILES string of the molecule is O=C=NC1(c2ccc3c(Br)c[nH]c3c2)CCCC1. The molecule has 4 heteroatoms. The molecule has 1 aliphatic rings. The van der Waals surface area contributed by atoms with Crippen molar-refractivity contribution < 1.29 is 4.79 Å². The second kappa shape index (κ2) is 4.38. The van der Waals surface area contributed by atoms with E-state index in [1.807, 2.05) is 6.20 Å². The van der Waals surface area contributed by atoms with Crippen LogP contribution in [0, 0.1) is 0 Å². The zero-order valence-corrected chi connectivity index (χ0v) is 11.5. The number of hydrogen-bond acceptors (Lipinski definition) is 2. The molecule has 0 bridgehead atoms. The molecule has 1 aliphatic carbocycles. The molecule has 3 nitrogen and oxygen atoms in total. The normalized spacial score (nSPS) is 17.8. The molecule has 1 saturated carbocycles. The maximum Gasteiger partial charge on any atom is 0.235 e. The Bertz CT molecular complexity index is 634. The van der Waals surface area contributed by atoms with E-state index in [4.69, 9.17) is 0 Å². The standard InChI is InChI=1S/C14H13BrN2O/c15-12-8-16-13-7-10(3-4-11(12)13)14(17-9-18)5-1-2-6-14/h3-4,7-8,16H,1-2,5-6H2. The minimum Gasteiger partial charge on any atom is -0.360 e. The van der Waals surface area contributed by atoms with E-state index in [-0.39, 0.29) is 5.54 Å². The first-order chi connectivity index (χ1) is 8.75. The molecule has 3 rings (SSSR count). The van der Waals surface area contributed by atoms with Crippen LogP contribution in [-0.2, 0) is 10.3 Å². The largest absolute Gasteiger partial charge is 0.360 e. The Morgan fingerprint density at radius 2 is 2.11 bits per heavy atom. The lowest BCUT2D eigenvalue weighted by atomic mass is 9.88. The number of nitrogens with one attached hydrogen (secondary N) is 1. The van der Waals surface area contributed by atoms with E-state index in [2.05, 4.69) is 44.1 Å². The fourth-order valence-corrected chi connectivity index (χ4v) is 3.35. The highest BCUT2D eigenvalue weighted by Crippen LogP contribution is 2.43. The number of hydrogen-bond donors (Lipinski definition) is 1. The van der Waals surface area contributed by atoms with Gasteiger partial charge in [0.25, 0.3) is 0 Å². The number of carbonyl (C=O) groups excluding carboxylic acids is 1.